The van der Waals surface area contributed by atoms with Crippen molar-refractivity contribution in [3.63, 3.8) is 0 Å². The zero-order valence-electron chi connectivity index (χ0n) is 16.5. The molecule has 0 saturated heterocycles. The summed E-state index contributed by atoms with van der Waals surface area (Å²) in [5, 5.41) is 10.6. The van der Waals surface area contributed by atoms with Gasteiger partial charge in [0.2, 0.25) is 0 Å². The summed E-state index contributed by atoms with van der Waals surface area (Å²) >= 11 is 0. The predicted octanol–water partition coefficient (Wildman–Crippen LogP) is 5.20. The first-order chi connectivity index (χ1) is 14.0. The number of rotatable bonds is 4. The number of hydrogen-bond acceptors (Lipinski definition) is 5. The van der Waals surface area contributed by atoms with Crippen LogP contribution in [0.5, 0.6) is 11.5 Å². The minimum Gasteiger partial charge on any atom is -0.507 e. The topological polar surface area (TPSA) is 68.1 Å². The fraction of sp³-hybridized carbons (Fsp3) is 0.125. The number of ether oxygens (including phenoxy) is 1. The van der Waals surface area contributed by atoms with Gasteiger partial charge in [0, 0.05) is 11.1 Å². The van der Waals surface area contributed by atoms with Crippen LogP contribution in [0.4, 0.5) is 0 Å². The number of hydrogen-bond donors (Lipinski definition) is 1. The Morgan fingerprint density at radius 2 is 1.24 bits per heavy atom. The lowest BCUT2D eigenvalue weighted by Gasteiger charge is -2.10. The van der Waals surface area contributed by atoms with Crippen LogP contribution in [0.2, 0.25) is 0 Å². The number of nitrogens with zero attached hydrogens (tertiary/aromatic N) is 3. The van der Waals surface area contributed by atoms with E-state index in [1.54, 1.807) is 7.11 Å². The molecule has 0 atom stereocenters. The third-order valence-electron chi connectivity index (χ3n) is 4.77. The Morgan fingerprint density at radius 1 is 0.690 bits per heavy atom. The number of para-hydroxylation sites is 1. The van der Waals surface area contributed by atoms with E-state index in [4.69, 9.17) is 9.72 Å². The second-order valence-corrected chi connectivity index (χ2v) is 6.87. The molecule has 0 fully saturated rings. The molecule has 0 saturated carbocycles. The number of benzene rings is 3. The van der Waals surface area contributed by atoms with Crippen molar-refractivity contribution in [2.45, 2.75) is 13.8 Å². The highest BCUT2D eigenvalue weighted by atomic mass is 16.5. The van der Waals surface area contributed by atoms with Gasteiger partial charge >= 0.3 is 0 Å². The van der Waals surface area contributed by atoms with Crippen molar-refractivity contribution in [1.82, 2.24) is 15.0 Å². The normalized spacial score (nSPS) is 10.7. The maximum absolute atomic E-state index is 10.6. The standard InChI is InChI=1S/C24H21N3O2/c1-15-7-9-17(10-8-15)22-25-23(18-11-13-19(29-3)14-12-18)27-24(26-22)20-6-4-5-16(2)21(20)28/h4-14,28H,1-3H3. The van der Waals surface area contributed by atoms with Crippen LogP contribution >= 0.6 is 0 Å². The van der Waals surface area contributed by atoms with Crippen LogP contribution in [0.1, 0.15) is 11.1 Å². The molecule has 0 aliphatic carbocycles. The van der Waals surface area contributed by atoms with Gasteiger partial charge in [0.05, 0.1) is 12.7 Å². The van der Waals surface area contributed by atoms with Crippen molar-refractivity contribution < 1.29 is 9.84 Å². The molecule has 5 heteroatoms. The molecule has 0 radical (unpaired) electrons. The number of methoxy groups -OCH3 is 1. The highest BCUT2D eigenvalue weighted by molar-refractivity contribution is 5.70. The highest BCUT2D eigenvalue weighted by Gasteiger charge is 2.15. The van der Waals surface area contributed by atoms with E-state index in [-0.39, 0.29) is 5.75 Å². The lowest BCUT2D eigenvalue weighted by Crippen LogP contribution is -2.00. The first-order valence-corrected chi connectivity index (χ1v) is 9.31. The van der Waals surface area contributed by atoms with Gasteiger partial charge in [0.25, 0.3) is 0 Å². The Kier molecular flexibility index (Phi) is 4.96. The van der Waals surface area contributed by atoms with Gasteiger partial charge in [-0.1, -0.05) is 42.0 Å². The van der Waals surface area contributed by atoms with Crippen molar-refractivity contribution >= 4 is 0 Å². The summed E-state index contributed by atoms with van der Waals surface area (Å²) < 4.78 is 5.25. The van der Waals surface area contributed by atoms with Crippen molar-refractivity contribution in [2.75, 3.05) is 7.11 Å². The Bertz CT molecular complexity index is 1150. The molecule has 0 unspecified atom stereocenters. The maximum Gasteiger partial charge on any atom is 0.167 e. The molecule has 0 bridgehead atoms. The van der Waals surface area contributed by atoms with Crippen LogP contribution in [0, 0.1) is 13.8 Å². The average Bonchev–Trinajstić information content (AvgIpc) is 2.76. The third kappa shape index (κ3) is 3.80. The van der Waals surface area contributed by atoms with E-state index in [0.717, 1.165) is 28.0 Å². The van der Waals surface area contributed by atoms with Crippen LogP contribution in [0.25, 0.3) is 34.2 Å². The molecule has 4 rings (SSSR count). The van der Waals surface area contributed by atoms with Crippen LogP contribution < -0.4 is 4.74 Å². The van der Waals surface area contributed by atoms with E-state index in [1.165, 1.54) is 0 Å². The van der Waals surface area contributed by atoms with Gasteiger partial charge < -0.3 is 9.84 Å². The first kappa shape index (κ1) is 18.6. The van der Waals surface area contributed by atoms with Crippen molar-refractivity contribution in [2.24, 2.45) is 0 Å². The smallest absolute Gasteiger partial charge is 0.167 e. The molecule has 29 heavy (non-hydrogen) atoms. The molecule has 1 aromatic heterocycles. The molecule has 0 spiro atoms. The number of phenols is 1. The molecule has 0 aliphatic heterocycles. The second-order valence-electron chi connectivity index (χ2n) is 6.87. The fourth-order valence-electron chi connectivity index (χ4n) is 3.04. The van der Waals surface area contributed by atoms with Gasteiger partial charge in [-0.05, 0) is 49.7 Å². The monoisotopic (exact) mass is 383 g/mol. The molecule has 0 aliphatic rings. The molecular weight excluding hydrogens is 362 g/mol. The Morgan fingerprint density at radius 3 is 1.83 bits per heavy atom. The van der Waals surface area contributed by atoms with E-state index in [0.29, 0.717) is 23.0 Å². The van der Waals surface area contributed by atoms with Crippen LogP contribution in [-0.2, 0) is 0 Å². The van der Waals surface area contributed by atoms with E-state index >= 15 is 0 Å². The minimum absolute atomic E-state index is 0.175. The molecule has 1 N–H and O–H groups in total. The molecular formula is C24H21N3O2. The summed E-state index contributed by atoms with van der Waals surface area (Å²) in [6.45, 7) is 3.89. The minimum atomic E-state index is 0.175. The summed E-state index contributed by atoms with van der Waals surface area (Å²) in [5.41, 5.74) is 4.24. The molecule has 3 aromatic carbocycles. The number of aromatic hydroxyl groups is 1. The fourth-order valence-corrected chi connectivity index (χ4v) is 3.04. The summed E-state index contributed by atoms with van der Waals surface area (Å²) in [4.78, 5) is 14.0. The Hall–Kier alpha value is -3.73. The molecule has 5 nitrogen and oxygen atoms in total. The molecule has 0 amide bonds. The third-order valence-corrected chi connectivity index (χ3v) is 4.77. The highest BCUT2D eigenvalue weighted by Crippen LogP contribution is 2.32. The number of aromatic nitrogens is 3. The maximum atomic E-state index is 10.6. The van der Waals surface area contributed by atoms with Gasteiger partial charge in [-0.3, -0.25) is 0 Å². The van der Waals surface area contributed by atoms with Crippen LogP contribution in [-0.4, -0.2) is 27.2 Å². The van der Waals surface area contributed by atoms with Crippen molar-refractivity contribution in [3.05, 3.63) is 77.9 Å². The molecule has 1 heterocycles. The predicted molar refractivity (Wildman–Crippen MR) is 114 cm³/mol. The van der Waals surface area contributed by atoms with E-state index in [2.05, 4.69) is 9.97 Å². The SMILES string of the molecule is COc1ccc(-c2nc(-c3ccc(C)cc3)nc(-c3cccc(C)c3O)n2)cc1. The summed E-state index contributed by atoms with van der Waals surface area (Å²) in [6, 6.07) is 21.1. The van der Waals surface area contributed by atoms with E-state index in [1.807, 2.05) is 80.6 Å². The zero-order valence-corrected chi connectivity index (χ0v) is 16.5. The van der Waals surface area contributed by atoms with Gasteiger partial charge in [0.1, 0.15) is 11.5 Å². The van der Waals surface area contributed by atoms with Gasteiger partial charge in [0.15, 0.2) is 17.5 Å². The summed E-state index contributed by atoms with van der Waals surface area (Å²) in [5.74, 6) is 2.46. The van der Waals surface area contributed by atoms with E-state index in [9.17, 15) is 5.11 Å². The van der Waals surface area contributed by atoms with Crippen molar-refractivity contribution in [3.8, 4) is 45.7 Å². The molecule has 144 valence electrons. The zero-order chi connectivity index (χ0) is 20.4. The second kappa shape index (κ2) is 7.72. The lowest BCUT2D eigenvalue weighted by atomic mass is 10.1. The number of aryl methyl sites for hydroxylation is 2. The quantitative estimate of drug-likeness (QED) is 0.524. The first-order valence-electron chi connectivity index (χ1n) is 9.31. The van der Waals surface area contributed by atoms with Gasteiger partial charge in [-0.2, -0.15) is 0 Å². The van der Waals surface area contributed by atoms with Gasteiger partial charge in [-0.15, -0.1) is 0 Å². The Balaban J connectivity index is 1.91. The summed E-state index contributed by atoms with van der Waals surface area (Å²) in [6.07, 6.45) is 0. The molecule has 4 aromatic rings. The summed E-state index contributed by atoms with van der Waals surface area (Å²) in [7, 11) is 1.63. The lowest BCUT2D eigenvalue weighted by molar-refractivity contribution is 0.415. The van der Waals surface area contributed by atoms with Crippen molar-refractivity contribution in [1.29, 1.82) is 0 Å². The van der Waals surface area contributed by atoms with Crippen LogP contribution in [0.3, 0.4) is 0 Å². The number of phenolic OH excluding ortho intramolecular Hbond substituents is 1. The Labute approximate surface area is 169 Å². The average molecular weight is 383 g/mol. The largest absolute Gasteiger partial charge is 0.507 e. The van der Waals surface area contributed by atoms with Crippen LogP contribution in [0.15, 0.2) is 66.7 Å². The van der Waals surface area contributed by atoms with E-state index < -0.39 is 0 Å². The van der Waals surface area contributed by atoms with Gasteiger partial charge in [-0.25, -0.2) is 15.0 Å².